The molecule has 0 atom stereocenters. The number of phenolic OH excluding ortho intramolecular Hbond substituents is 1. The third-order valence-electron chi connectivity index (χ3n) is 4.65. The second-order valence-electron chi connectivity index (χ2n) is 6.87. The quantitative estimate of drug-likeness (QED) is 0.223. The van der Waals surface area contributed by atoms with Gasteiger partial charge in [0.15, 0.2) is 11.5 Å². The summed E-state index contributed by atoms with van der Waals surface area (Å²) in [6.45, 7) is 0.524. The van der Waals surface area contributed by atoms with Gasteiger partial charge in [0.25, 0.3) is 0 Å². The molecule has 0 fully saturated rings. The molecule has 9 nitrogen and oxygen atoms in total. The first-order chi connectivity index (χ1) is 15.5. The van der Waals surface area contributed by atoms with Gasteiger partial charge in [-0.05, 0) is 43.5 Å². The number of aromatic nitrogens is 2. The summed E-state index contributed by atoms with van der Waals surface area (Å²) in [6, 6.07) is 10.9. The number of methoxy groups -OCH3 is 2. The molecule has 0 radical (unpaired) electrons. The van der Waals surface area contributed by atoms with Crippen molar-refractivity contribution in [2.24, 2.45) is 0 Å². The van der Waals surface area contributed by atoms with Crippen molar-refractivity contribution < 1.29 is 29.3 Å². The topological polar surface area (TPSA) is 123 Å². The first kappa shape index (κ1) is 23.3. The van der Waals surface area contributed by atoms with Crippen molar-refractivity contribution in [2.75, 3.05) is 20.8 Å². The number of ether oxygens (including phenoxy) is 3. The first-order valence-electron chi connectivity index (χ1n) is 10.0. The zero-order chi connectivity index (χ0) is 22.9. The van der Waals surface area contributed by atoms with Gasteiger partial charge in [0.05, 0.1) is 20.8 Å². The van der Waals surface area contributed by atoms with Crippen LogP contribution in [0.4, 0.5) is 0 Å². The summed E-state index contributed by atoms with van der Waals surface area (Å²) in [5, 5.41) is 28.6. The van der Waals surface area contributed by atoms with Crippen LogP contribution in [0.15, 0.2) is 36.4 Å². The lowest BCUT2D eigenvalue weighted by Gasteiger charge is -2.10. The van der Waals surface area contributed by atoms with Gasteiger partial charge >= 0.3 is 0 Å². The zero-order valence-corrected chi connectivity index (χ0v) is 18.6. The summed E-state index contributed by atoms with van der Waals surface area (Å²) in [4.78, 5) is 11.0. The smallest absolute Gasteiger partial charge is 0.243 e. The molecule has 0 aliphatic heterocycles. The van der Waals surface area contributed by atoms with Gasteiger partial charge in [-0.2, -0.15) is 0 Å². The molecule has 0 saturated carbocycles. The molecule has 3 N–H and O–H groups in total. The Morgan fingerprint density at radius 3 is 2.53 bits per heavy atom. The third kappa shape index (κ3) is 5.86. The van der Waals surface area contributed by atoms with E-state index >= 15 is 0 Å². The number of carbonyl (C=O) groups excluding carboxylic acids is 1. The van der Waals surface area contributed by atoms with Crippen molar-refractivity contribution in [2.45, 2.75) is 25.7 Å². The molecule has 0 aliphatic carbocycles. The summed E-state index contributed by atoms with van der Waals surface area (Å²) >= 11 is 1.39. The SMILES string of the molecule is COc1cc(-c2nnc(-c3cccc(OCCCCCC(=O)NO)c3)s2)cc(O)c1OC. The van der Waals surface area contributed by atoms with E-state index in [0.717, 1.165) is 29.2 Å². The fourth-order valence-electron chi connectivity index (χ4n) is 3.05. The maximum absolute atomic E-state index is 11.0. The summed E-state index contributed by atoms with van der Waals surface area (Å²) in [6.07, 6.45) is 2.61. The summed E-state index contributed by atoms with van der Waals surface area (Å²) < 4.78 is 16.3. The molecule has 0 spiro atoms. The lowest BCUT2D eigenvalue weighted by molar-refractivity contribution is -0.129. The van der Waals surface area contributed by atoms with E-state index in [1.807, 2.05) is 24.3 Å². The molecule has 3 aromatic rings. The number of amides is 1. The van der Waals surface area contributed by atoms with Gasteiger partial charge in [-0.25, -0.2) is 5.48 Å². The van der Waals surface area contributed by atoms with E-state index in [1.54, 1.807) is 17.6 Å². The molecule has 10 heteroatoms. The van der Waals surface area contributed by atoms with E-state index in [0.29, 0.717) is 35.8 Å². The van der Waals surface area contributed by atoms with Crippen molar-refractivity contribution in [1.82, 2.24) is 15.7 Å². The predicted molar refractivity (Wildman–Crippen MR) is 119 cm³/mol. The predicted octanol–water partition coefficient (Wildman–Crippen LogP) is 4.04. The molecule has 3 rings (SSSR count). The van der Waals surface area contributed by atoms with Gasteiger partial charge < -0.3 is 19.3 Å². The van der Waals surface area contributed by atoms with Crippen LogP contribution in [0.3, 0.4) is 0 Å². The molecule has 2 aromatic carbocycles. The second kappa shape index (κ2) is 11.3. The minimum absolute atomic E-state index is 0.0361. The number of unbranched alkanes of at least 4 members (excludes halogenated alkanes) is 2. The third-order valence-corrected chi connectivity index (χ3v) is 5.68. The van der Waals surface area contributed by atoms with Crippen LogP contribution in [0.2, 0.25) is 0 Å². The molecule has 32 heavy (non-hydrogen) atoms. The molecule has 1 heterocycles. The fourth-order valence-corrected chi connectivity index (χ4v) is 3.88. The Kier molecular flexibility index (Phi) is 8.23. The van der Waals surface area contributed by atoms with E-state index in [-0.39, 0.29) is 17.4 Å². The number of rotatable bonds is 11. The average Bonchev–Trinajstić information content (AvgIpc) is 3.31. The number of hydroxylamine groups is 1. The average molecular weight is 460 g/mol. The molecule has 0 unspecified atom stereocenters. The number of nitrogens with zero attached hydrogens (tertiary/aromatic N) is 2. The van der Waals surface area contributed by atoms with Gasteiger partial charge in [-0.1, -0.05) is 23.5 Å². The highest BCUT2D eigenvalue weighted by Crippen LogP contribution is 2.41. The van der Waals surface area contributed by atoms with Crippen LogP contribution in [-0.4, -0.2) is 47.2 Å². The van der Waals surface area contributed by atoms with E-state index in [2.05, 4.69) is 10.2 Å². The molecule has 170 valence electrons. The summed E-state index contributed by atoms with van der Waals surface area (Å²) in [7, 11) is 2.97. The van der Waals surface area contributed by atoms with Crippen LogP contribution in [-0.2, 0) is 4.79 Å². The van der Waals surface area contributed by atoms with E-state index < -0.39 is 0 Å². The van der Waals surface area contributed by atoms with Crippen LogP contribution >= 0.6 is 11.3 Å². The van der Waals surface area contributed by atoms with E-state index in [1.165, 1.54) is 25.6 Å². The second-order valence-corrected chi connectivity index (χ2v) is 7.84. The zero-order valence-electron chi connectivity index (χ0n) is 17.8. The Balaban J connectivity index is 1.64. The lowest BCUT2D eigenvalue weighted by atomic mass is 10.2. The Morgan fingerprint density at radius 1 is 1.03 bits per heavy atom. The van der Waals surface area contributed by atoms with Gasteiger partial charge in [-0.3, -0.25) is 10.0 Å². The number of carbonyl (C=O) groups is 1. The largest absolute Gasteiger partial charge is 0.504 e. The van der Waals surface area contributed by atoms with Crippen LogP contribution in [0.1, 0.15) is 25.7 Å². The number of benzene rings is 2. The minimum Gasteiger partial charge on any atom is -0.504 e. The van der Waals surface area contributed by atoms with Crippen molar-refractivity contribution in [1.29, 1.82) is 0 Å². The Labute approximate surface area is 189 Å². The van der Waals surface area contributed by atoms with Crippen molar-refractivity contribution in [3.63, 3.8) is 0 Å². The minimum atomic E-state index is -0.377. The molecule has 1 aromatic heterocycles. The maximum Gasteiger partial charge on any atom is 0.243 e. The fraction of sp³-hybridized carbons (Fsp3) is 0.318. The monoisotopic (exact) mass is 459 g/mol. The number of hydrogen-bond acceptors (Lipinski definition) is 9. The standard InChI is InChI=1S/C22H25N3O6S/c1-29-18-13-15(12-17(26)20(18)30-2)22-24-23-21(32-22)14-7-6-8-16(11-14)31-10-5-3-4-9-19(27)25-28/h6-8,11-13,26,28H,3-5,9-10H2,1-2H3,(H,25,27). The van der Waals surface area contributed by atoms with Crippen molar-refractivity contribution in [3.05, 3.63) is 36.4 Å². The van der Waals surface area contributed by atoms with E-state index in [9.17, 15) is 9.90 Å². The Morgan fingerprint density at radius 2 is 1.81 bits per heavy atom. The highest BCUT2D eigenvalue weighted by Gasteiger charge is 2.16. The van der Waals surface area contributed by atoms with Crippen LogP contribution < -0.4 is 19.7 Å². The molecular weight excluding hydrogens is 434 g/mol. The van der Waals surface area contributed by atoms with Gasteiger partial charge in [0.2, 0.25) is 11.7 Å². The van der Waals surface area contributed by atoms with E-state index in [4.69, 9.17) is 19.4 Å². The normalized spacial score (nSPS) is 10.6. The van der Waals surface area contributed by atoms with Gasteiger partial charge in [-0.15, -0.1) is 10.2 Å². The maximum atomic E-state index is 11.0. The van der Waals surface area contributed by atoms with Crippen LogP contribution in [0.5, 0.6) is 23.0 Å². The number of phenols is 1. The molecule has 1 amide bonds. The summed E-state index contributed by atoms with van der Waals surface area (Å²) in [5.74, 6) is 0.981. The Hall–Kier alpha value is -3.37. The molecule has 0 aliphatic rings. The number of aromatic hydroxyl groups is 1. The van der Waals surface area contributed by atoms with Crippen molar-refractivity contribution in [3.8, 4) is 44.1 Å². The van der Waals surface area contributed by atoms with Crippen LogP contribution in [0, 0.1) is 0 Å². The van der Waals surface area contributed by atoms with Gasteiger partial charge in [0, 0.05) is 17.5 Å². The van der Waals surface area contributed by atoms with Crippen LogP contribution in [0.25, 0.3) is 21.1 Å². The molecule has 0 saturated heterocycles. The summed E-state index contributed by atoms with van der Waals surface area (Å²) in [5.41, 5.74) is 3.17. The highest BCUT2D eigenvalue weighted by atomic mass is 32.1. The Bertz CT molecular complexity index is 1060. The highest BCUT2D eigenvalue weighted by molar-refractivity contribution is 7.17. The number of hydrogen-bond donors (Lipinski definition) is 3. The number of nitrogens with one attached hydrogen (secondary N) is 1. The molecular formula is C22H25N3O6S. The molecule has 0 bridgehead atoms. The van der Waals surface area contributed by atoms with Gasteiger partial charge in [0.1, 0.15) is 15.8 Å². The first-order valence-corrected chi connectivity index (χ1v) is 10.8. The lowest BCUT2D eigenvalue weighted by Crippen LogP contribution is -2.17. The van der Waals surface area contributed by atoms with Crippen molar-refractivity contribution >= 4 is 17.2 Å².